The Bertz CT molecular complexity index is 922. The fourth-order valence-electron chi connectivity index (χ4n) is 3.67. The molecule has 24 heavy (non-hydrogen) atoms. The van der Waals surface area contributed by atoms with Crippen LogP contribution in [0.25, 0.3) is 6.08 Å². The van der Waals surface area contributed by atoms with Crippen LogP contribution < -0.4 is 4.90 Å². The second-order valence-electron chi connectivity index (χ2n) is 6.18. The smallest absolute Gasteiger partial charge is 0.178 e. The lowest BCUT2D eigenvalue weighted by molar-refractivity contribution is -0.111. The fraction of sp³-hybridized carbons (Fsp3) is 0.0952. The molecular formula is C21H15NO2. The van der Waals surface area contributed by atoms with Gasteiger partial charge < -0.3 is 9.64 Å². The molecule has 1 unspecified atom stereocenters. The number of carbonyl (C=O) groups excluding carboxylic acids is 1. The maximum atomic E-state index is 11.6. The first-order chi connectivity index (χ1) is 11.8. The van der Waals surface area contributed by atoms with Crippen LogP contribution in [0.15, 0.2) is 78.9 Å². The molecule has 2 aromatic carbocycles. The molecule has 0 radical (unpaired) electrons. The van der Waals surface area contributed by atoms with Crippen molar-refractivity contribution in [2.75, 3.05) is 4.90 Å². The molecule has 0 saturated heterocycles. The Labute approximate surface area is 140 Å². The van der Waals surface area contributed by atoms with Crippen molar-refractivity contribution in [3.05, 3.63) is 90.0 Å². The lowest BCUT2D eigenvalue weighted by atomic mass is 9.85. The zero-order chi connectivity index (χ0) is 16.1. The van der Waals surface area contributed by atoms with Gasteiger partial charge in [0.25, 0.3) is 0 Å². The summed E-state index contributed by atoms with van der Waals surface area (Å²) in [6, 6.07) is 16.5. The van der Waals surface area contributed by atoms with Gasteiger partial charge in [-0.2, -0.15) is 0 Å². The predicted molar refractivity (Wildman–Crippen MR) is 93.9 cm³/mol. The molecule has 2 aromatic rings. The number of rotatable bonds is 0. The molecule has 2 aliphatic heterocycles. The largest absolute Gasteiger partial charge is 0.335 e. The molecule has 3 aliphatic rings. The first kappa shape index (κ1) is 13.5. The highest BCUT2D eigenvalue weighted by Gasteiger charge is 2.43. The van der Waals surface area contributed by atoms with Gasteiger partial charge in [0.1, 0.15) is 5.60 Å². The van der Waals surface area contributed by atoms with Gasteiger partial charge in [-0.25, -0.2) is 0 Å². The second kappa shape index (κ2) is 4.79. The van der Waals surface area contributed by atoms with Crippen LogP contribution in [-0.2, 0) is 15.1 Å². The quantitative estimate of drug-likeness (QED) is 0.733. The van der Waals surface area contributed by atoms with Crippen LogP contribution in [0.3, 0.4) is 0 Å². The number of ketones is 1. The van der Waals surface area contributed by atoms with E-state index in [2.05, 4.69) is 41.3 Å². The fourth-order valence-corrected chi connectivity index (χ4v) is 3.67. The maximum Gasteiger partial charge on any atom is 0.178 e. The maximum absolute atomic E-state index is 11.6. The Hall–Kier alpha value is -2.91. The third-order valence-electron chi connectivity index (χ3n) is 4.78. The van der Waals surface area contributed by atoms with Gasteiger partial charge in [-0.1, -0.05) is 42.5 Å². The number of ether oxygens (including phenoxy) is 1. The van der Waals surface area contributed by atoms with Crippen molar-refractivity contribution in [3.63, 3.8) is 0 Å². The standard InChI is InChI=1S/C21H15NO2/c23-16-11-13-21(14-12-16)17-6-2-4-8-19(17)22-18-7-3-1-5-15(18)9-10-20(22)24-21/h1-14,20H. The molecule has 1 atom stereocenters. The molecule has 116 valence electrons. The molecule has 3 heteroatoms. The van der Waals surface area contributed by atoms with E-state index in [0.717, 1.165) is 16.9 Å². The van der Waals surface area contributed by atoms with Gasteiger partial charge in [-0.05, 0) is 48.1 Å². The summed E-state index contributed by atoms with van der Waals surface area (Å²) in [6.07, 6.45) is 10.9. The van der Waals surface area contributed by atoms with Crippen molar-refractivity contribution in [2.45, 2.75) is 11.8 Å². The molecule has 1 aliphatic carbocycles. The molecule has 0 bridgehead atoms. The van der Waals surface area contributed by atoms with Crippen molar-refractivity contribution in [3.8, 4) is 0 Å². The third kappa shape index (κ3) is 1.79. The van der Waals surface area contributed by atoms with Crippen molar-refractivity contribution < 1.29 is 9.53 Å². The monoisotopic (exact) mass is 313 g/mol. The van der Waals surface area contributed by atoms with Gasteiger partial charge >= 0.3 is 0 Å². The highest BCUT2D eigenvalue weighted by molar-refractivity contribution is 6.01. The van der Waals surface area contributed by atoms with E-state index >= 15 is 0 Å². The summed E-state index contributed by atoms with van der Waals surface area (Å²) < 4.78 is 6.46. The topological polar surface area (TPSA) is 29.5 Å². The Morgan fingerprint density at radius 1 is 0.875 bits per heavy atom. The normalized spacial score (nSPS) is 22.2. The first-order valence-corrected chi connectivity index (χ1v) is 8.03. The minimum absolute atomic E-state index is 0.00586. The zero-order valence-corrected chi connectivity index (χ0v) is 12.9. The first-order valence-electron chi connectivity index (χ1n) is 8.03. The number of hydrogen-bond donors (Lipinski definition) is 0. The predicted octanol–water partition coefficient (Wildman–Crippen LogP) is 4.10. The van der Waals surface area contributed by atoms with Crippen LogP contribution >= 0.6 is 0 Å². The minimum atomic E-state index is -0.692. The molecule has 0 fully saturated rings. The summed E-state index contributed by atoms with van der Waals surface area (Å²) in [5, 5.41) is 0. The zero-order valence-electron chi connectivity index (χ0n) is 12.9. The summed E-state index contributed by atoms with van der Waals surface area (Å²) in [5.74, 6) is -0.00586. The van der Waals surface area contributed by atoms with E-state index in [1.807, 2.05) is 36.4 Å². The van der Waals surface area contributed by atoms with E-state index < -0.39 is 5.60 Å². The van der Waals surface area contributed by atoms with Crippen LogP contribution in [0.2, 0.25) is 0 Å². The van der Waals surface area contributed by atoms with Gasteiger partial charge in [0.2, 0.25) is 0 Å². The minimum Gasteiger partial charge on any atom is -0.335 e. The Morgan fingerprint density at radius 3 is 2.42 bits per heavy atom. The number of benzene rings is 2. The van der Waals surface area contributed by atoms with Crippen LogP contribution in [0.1, 0.15) is 11.1 Å². The SMILES string of the molecule is O=C1C=CC2(C=C1)OC1C=Cc3ccccc3N1c1ccccc12. The molecule has 0 amide bonds. The Balaban J connectivity index is 1.75. The van der Waals surface area contributed by atoms with Crippen LogP contribution in [0.4, 0.5) is 11.4 Å². The lowest BCUT2D eigenvalue weighted by Gasteiger charge is -2.47. The van der Waals surface area contributed by atoms with Crippen LogP contribution in [0, 0.1) is 0 Å². The molecule has 5 rings (SSSR count). The highest BCUT2D eigenvalue weighted by Crippen LogP contribution is 2.48. The Kier molecular flexibility index (Phi) is 2.70. The van der Waals surface area contributed by atoms with Gasteiger partial charge in [-0.15, -0.1) is 0 Å². The van der Waals surface area contributed by atoms with E-state index in [1.54, 1.807) is 12.2 Å². The van der Waals surface area contributed by atoms with E-state index in [4.69, 9.17) is 4.74 Å². The lowest BCUT2D eigenvalue weighted by Crippen LogP contribution is -2.46. The van der Waals surface area contributed by atoms with Crippen molar-refractivity contribution in [1.29, 1.82) is 0 Å². The molecular weight excluding hydrogens is 298 g/mol. The number of anilines is 2. The molecule has 1 spiro atoms. The summed E-state index contributed by atoms with van der Waals surface area (Å²) in [5.41, 5.74) is 3.77. The number of nitrogens with zero attached hydrogens (tertiary/aromatic N) is 1. The van der Waals surface area contributed by atoms with Crippen LogP contribution in [-0.4, -0.2) is 12.0 Å². The van der Waals surface area contributed by atoms with Gasteiger partial charge in [0, 0.05) is 5.56 Å². The van der Waals surface area contributed by atoms with E-state index in [1.165, 1.54) is 5.56 Å². The number of fused-ring (bicyclic) bond motifs is 6. The molecule has 0 saturated carbocycles. The highest BCUT2D eigenvalue weighted by atomic mass is 16.5. The summed E-state index contributed by atoms with van der Waals surface area (Å²) in [4.78, 5) is 13.8. The van der Waals surface area contributed by atoms with E-state index in [0.29, 0.717) is 0 Å². The second-order valence-corrected chi connectivity index (χ2v) is 6.18. The summed E-state index contributed by atoms with van der Waals surface area (Å²) in [6.45, 7) is 0. The molecule has 0 N–H and O–H groups in total. The number of carbonyl (C=O) groups is 1. The molecule has 3 nitrogen and oxygen atoms in total. The van der Waals surface area contributed by atoms with Crippen LogP contribution in [0.5, 0.6) is 0 Å². The third-order valence-corrected chi connectivity index (χ3v) is 4.78. The average Bonchev–Trinajstić information content (AvgIpc) is 2.64. The summed E-state index contributed by atoms with van der Waals surface area (Å²) >= 11 is 0. The van der Waals surface area contributed by atoms with Gasteiger partial charge in [0.05, 0.1) is 11.4 Å². The number of allylic oxidation sites excluding steroid dienone is 2. The molecule has 0 aromatic heterocycles. The van der Waals surface area contributed by atoms with E-state index in [9.17, 15) is 4.79 Å². The number of hydrogen-bond acceptors (Lipinski definition) is 3. The van der Waals surface area contributed by atoms with E-state index in [-0.39, 0.29) is 12.0 Å². The van der Waals surface area contributed by atoms with Crippen molar-refractivity contribution in [1.82, 2.24) is 0 Å². The van der Waals surface area contributed by atoms with Gasteiger partial charge in [0.15, 0.2) is 12.0 Å². The summed E-state index contributed by atoms with van der Waals surface area (Å²) in [7, 11) is 0. The Morgan fingerprint density at radius 2 is 1.58 bits per heavy atom. The van der Waals surface area contributed by atoms with Gasteiger partial charge in [-0.3, -0.25) is 4.79 Å². The number of para-hydroxylation sites is 2. The van der Waals surface area contributed by atoms with Crippen molar-refractivity contribution >= 4 is 23.2 Å². The average molecular weight is 313 g/mol. The molecule has 2 heterocycles. The van der Waals surface area contributed by atoms with Crippen molar-refractivity contribution in [2.24, 2.45) is 0 Å².